The molecule has 3 unspecified atom stereocenters. The average molecular weight is 288 g/mol. The van der Waals surface area contributed by atoms with E-state index in [2.05, 4.69) is 54.4 Å². The topological polar surface area (TPSA) is 24.5 Å². The van der Waals surface area contributed by atoms with Gasteiger partial charge in [-0.2, -0.15) is 0 Å². The Morgan fingerprint density at radius 1 is 1.33 bits per heavy atom. The molecular formula is C18H28N2O. The molecule has 0 aliphatic carbocycles. The summed E-state index contributed by atoms with van der Waals surface area (Å²) in [5.41, 5.74) is 1.44. The van der Waals surface area contributed by atoms with Crippen LogP contribution < -0.4 is 5.32 Å². The van der Waals surface area contributed by atoms with E-state index in [9.17, 15) is 0 Å². The fraction of sp³-hybridized carbons (Fsp3) is 0.667. The van der Waals surface area contributed by atoms with Gasteiger partial charge in [-0.05, 0) is 51.3 Å². The maximum atomic E-state index is 5.59. The molecule has 2 aliphatic rings. The molecule has 1 N–H and O–H groups in total. The Kier molecular flexibility index (Phi) is 4.63. The molecule has 0 saturated carbocycles. The van der Waals surface area contributed by atoms with Crippen molar-refractivity contribution in [3.8, 4) is 0 Å². The molecule has 0 spiro atoms. The lowest BCUT2D eigenvalue weighted by Crippen LogP contribution is -2.50. The summed E-state index contributed by atoms with van der Waals surface area (Å²) >= 11 is 0. The first-order chi connectivity index (χ1) is 10.2. The summed E-state index contributed by atoms with van der Waals surface area (Å²) in [6, 6.07) is 11.5. The van der Waals surface area contributed by atoms with E-state index in [-0.39, 0.29) is 5.54 Å². The Morgan fingerprint density at radius 3 is 2.86 bits per heavy atom. The molecule has 3 heteroatoms. The molecule has 1 aromatic carbocycles. The van der Waals surface area contributed by atoms with Gasteiger partial charge in [-0.25, -0.2) is 0 Å². The number of rotatable bonds is 3. The second kappa shape index (κ2) is 6.47. The number of benzene rings is 1. The molecule has 116 valence electrons. The number of nitrogens with one attached hydrogen (secondary N) is 1. The summed E-state index contributed by atoms with van der Waals surface area (Å²) in [6.45, 7) is 9.97. The van der Waals surface area contributed by atoms with Gasteiger partial charge in [0.25, 0.3) is 0 Å². The van der Waals surface area contributed by atoms with Crippen LogP contribution in [0.2, 0.25) is 0 Å². The SMILES string of the molecule is CC(C1CCOC1)N1CCCNC(C)(c2ccccc2)C1. The monoisotopic (exact) mass is 288 g/mol. The molecule has 2 aliphatic heterocycles. The highest BCUT2D eigenvalue weighted by Crippen LogP contribution is 2.28. The Hall–Kier alpha value is -0.900. The van der Waals surface area contributed by atoms with E-state index in [0.717, 1.165) is 26.3 Å². The predicted molar refractivity (Wildman–Crippen MR) is 86.4 cm³/mol. The van der Waals surface area contributed by atoms with Crippen LogP contribution >= 0.6 is 0 Å². The van der Waals surface area contributed by atoms with Crippen LogP contribution in [0.3, 0.4) is 0 Å². The molecule has 0 radical (unpaired) electrons. The van der Waals surface area contributed by atoms with Gasteiger partial charge in [0.1, 0.15) is 0 Å². The highest BCUT2D eigenvalue weighted by Gasteiger charge is 2.35. The first-order valence-electron chi connectivity index (χ1n) is 8.31. The average Bonchev–Trinajstić information content (AvgIpc) is 2.97. The maximum absolute atomic E-state index is 5.59. The van der Waals surface area contributed by atoms with Crippen LogP contribution in [0, 0.1) is 5.92 Å². The quantitative estimate of drug-likeness (QED) is 0.925. The van der Waals surface area contributed by atoms with Crippen molar-refractivity contribution in [3.05, 3.63) is 35.9 Å². The van der Waals surface area contributed by atoms with E-state index in [1.165, 1.54) is 24.9 Å². The number of nitrogens with zero attached hydrogens (tertiary/aromatic N) is 1. The molecular weight excluding hydrogens is 260 g/mol. The lowest BCUT2D eigenvalue weighted by atomic mass is 9.90. The summed E-state index contributed by atoms with van der Waals surface area (Å²) in [7, 11) is 0. The van der Waals surface area contributed by atoms with Crippen molar-refractivity contribution in [2.45, 2.75) is 38.3 Å². The standard InChI is InChI=1S/C18H28N2O/c1-15(16-9-12-21-13-16)20-11-6-10-19-18(2,14-20)17-7-4-3-5-8-17/h3-5,7-8,15-16,19H,6,9-14H2,1-2H3. The first-order valence-corrected chi connectivity index (χ1v) is 8.31. The van der Waals surface area contributed by atoms with Crippen molar-refractivity contribution in [3.63, 3.8) is 0 Å². The Morgan fingerprint density at radius 2 is 2.14 bits per heavy atom. The third-order valence-corrected chi connectivity index (χ3v) is 5.29. The molecule has 3 atom stereocenters. The number of hydrogen-bond acceptors (Lipinski definition) is 3. The molecule has 2 fully saturated rings. The fourth-order valence-electron chi connectivity index (χ4n) is 3.77. The van der Waals surface area contributed by atoms with Crippen LogP contribution in [0.25, 0.3) is 0 Å². The largest absolute Gasteiger partial charge is 0.381 e. The molecule has 0 aromatic heterocycles. The minimum absolute atomic E-state index is 0.0471. The molecule has 3 rings (SSSR count). The Balaban J connectivity index is 1.76. The fourth-order valence-corrected chi connectivity index (χ4v) is 3.77. The zero-order valence-electron chi connectivity index (χ0n) is 13.3. The zero-order chi connectivity index (χ0) is 14.7. The summed E-state index contributed by atoms with van der Waals surface area (Å²) in [5, 5.41) is 3.78. The van der Waals surface area contributed by atoms with Crippen LogP contribution in [0.15, 0.2) is 30.3 Å². The van der Waals surface area contributed by atoms with Crippen molar-refractivity contribution < 1.29 is 4.74 Å². The van der Waals surface area contributed by atoms with E-state index < -0.39 is 0 Å². The summed E-state index contributed by atoms with van der Waals surface area (Å²) in [6.07, 6.45) is 2.44. The number of hydrogen-bond donors (Lipinski definition) is 1. The van der Waals surface area contributed by atoms with Crippen molar-refractivity contribution >= 4 is 0 Å². The minimum atomic E-state index is 0.0471. The van der Waals surface area contributed by atoms with Gasteiger partial charge in [0.2, 0.25) is 0 Å². The molecule has 0 bridgehead atoms. The lowest BCUT2D eigenvalue weighted by Gasteiger charge is -2.38. The highest BCUT2D eigenvalue weighted by atomic mass is 16.5. The van der Waals surface area contributed by atoms with Crippen LogP contribution in [0.4, 0.5) is 0 Å². The lowest BCUT2D eigenvalue weighted by molar-refractivity contribution is 0.112. The molecule has 2 saturated heterocycles. The maximum Gasteiger partial charge on any atom is 0.0535 e. The van der Waals surface area contributed by atoms with Gasteiger partial charge in [0, 0.05) is 19.2 Å². The van der Waals surface area contributed by atoms with Crippen LogP contribution in [-0.2, 0) is 10.3 Å². The van der Waals surface area contributed by atoms with Crippen LogP contribution in [-0.4, -0.2) is 43.8 Å². The second-order valence-electron chi connectivity index (χ2n) is 6.81. The summed E-state index contributed by atoms with van der Waals surface area (Å²) in [5.74, 6) is 0.697. The van der Waals surface area contributed by atoms with E-state index in [4.69, 9.17) is 4.74 Å². The van der Waals surface area contributed by atoms with Gasteiger partial charge in [0.15, 0.2) is 0 Å². The van der Waals surface area contributed by atoms with Crippen LogP contribution in [0.5, 0.6) is 0 Å². The molecule has 21 heavy (non-hydrogen) atoms. The van der Waals surface area contributed by atoms with Gasteiger partial charge in [-0.3, -0.25) is 4.90 Å². The van der Waals surface area contributed by atoms with Crippen molar-refractivity contribution in [2.75, 3.05) is 32.8 Å². The van der Waals surface area contributed by atoms with Crippen molar-refractivity contribution in [1.82, 2.24) is 10.2 Å². The van der Waals surface area contributed by atoms with Gasteiger partial charge >= 0.3 is 0 Å². The molecule has 2 heterocycles. The zero-order valence-corrected chi connectivity index (χ0v) is 13.3. The smallest absolute Gasteiger partial charge is 0.0535 e. The third-order valence-electron chi connectivity index (χ3n) is 5.29. The van der Waals surface area contributed by atoms with E-state index in [1.54, 1.807) is 0 Å². The van der Waals surface area contributed by atoms with E-state index >= 15 is 0 Å². The second-order valence-corrected chi connectivity index (χ2v) is 6.81. The van der Waals surface area contributed by atoms with E-state index in [0.29, 0.717) is 12.0 Å². The highest BCUT2D eigenvalue weighted by molar-refractivity contribution is 5.24. The van der Waals surface area contributed by atoms with Crippen LogP contribution in [0.1, 0.15) is 32.3 Å². The van der Waals surface area contributed by atoms with E-state index in [1.807, 2.05) is 0 Å². The number of ether oxygens (including phenoxy) is 1. The summed E-state index contributed by atoms with van der Waals surface area (Å²) in [4.78, 5) is 2.67. The van der Waals surface area contributed by atoms with Crippen molar-refractivity contribution in [2.24, 2.45) is 5.92 Å². The third kappa shape index (κ3) is 3.31. The van der Waals surface area contributed by atoms with Gasteiger partial charge in [-0.1, -0.05) is 30.3 Å². The molecule has 1 aromatic rings. The van der Waals surface area contributed by atoms with Gasteiger partial charge in [-0.15, -0.1) is 0 Å². The normalized spacial score (nSPS) is 32.8. The predicted octanol–water partition coefficient (Wildman–Crippen LogP) is 2.62. The minimum Gasteiger partial charge on any atom is -0.381 e. The van der Waals surface area contributed by atoms with Crippen molar-refractivity contribution in [1.29, 1.82) is 0 Å². The van der Waals surface area contributed by atoms with Gasteiger partial charge in [0.05, 0.1) is 12.1 Å². The Labute approximate surface area is 128 Å². The molecule has 0 amide bonds. The molecule has 3 nitrogen and oxygen atoms in total. The summed E-state index contributed by atoms with van der Waals surface area (Å²) < 4.78 is 5.59. The Bertz CT molecular complexity index is 444. The first kappa shape index (κ1) is 15.0. The van der Waals surface area contributed by atoms with Gasteiger partial charge < -0.3 is 10.1 Å².